The van der Waals surface area contributed by atoms with E-state index in [4.69, 9.17) is 5.26 Å². The lowest BCUT2D eigenvalue weighted by Crippen LogP contribution is -2.36. The van der Waals surface area contributed by atoms with Crippen LogP contribution in [0, 0.1) is 11.3 Å². The molecule has 1 aromatic carbocycles. The molecule has 0 saturated carbocycles. The van der Waals surface area contributed by atoms with Gasteiger partial charge in [0, 0.05) is 5.41 Å². The molecule has 0 unspecified atom stereocenters. The molecule has 92 valence electrons. The van der Waals surface area contributed by atoms with Gasteiger partial charge in [-0.1, -0.05) is 20.8 Å². The average Bonchev–Trinajstić information content (AvgIpc) is 2.71. The Morgan fingerprint density at radius 3 is 2.22 bits per heavy atom. The number of nitriles is 1. The van der Waals surface area contributed by atoms with Crippen LogP contribution in [0.25, 0.3) is 5.69 Å². The second-order valence-electron chi connectivity index (χ2n) is 5.56. The van der Waals surface area contributed by atoms with Crippen LogP contribution in [0.2, 0.25) is 0 Å². The zero-order valence-corrected chi connectivity index (χ0v) is 11.3. The first-order valence-corrected chi connectivity index (χ1v) is 6.00. The molecule has 3 heteroatoms. The van der Waals surface area contributed by atoms with Crippen molar-refractivity contribution >= 4 is 0 Å². The van der Waals surface area contributed by atoms with E-state index in [1.54, 1.807) is 0 Å². The van der Waals surface area contributed by atoms with Crippen LogP contribution in [-0.4, -0.2) is 4.57 Å². The van der Waals surface area contributed by atoms with Crippen molar-refractivity contribution in [1.29, 1.82) is 5.26 Å². The van der Waals surface area contributed by atoms with Crippen molar-refractivity contribution in [2.75, 3.05) is 0 Å². The first-order chi connectivity index (χ1) is 8.41. The minimum Gasteiger partial charge on any atom is -0.236 e. The van der Waals surface area contributed by atoms with Crippen molar-refractivity contribution < 1.29 is 4.57 Å². The lowest BCUT2D eigenvalue weighted by atomic mass is 9.93. The quantitative estimate of drug-likeness (QED) is 0.705. The molecule has 3 nitrogen and oxygen atoms in total. The van der Waals surface area contributed by atoms with Crippen LogP contribution < -0.4 is 4.57 Å². The predicted octanol–water partition coefficient (Wildman–Crippen LogP) is 2.47. The van der Waals surface area contributed by atoms with E-state index in [-0.39, 0.29) is 5.41 Å². The molecule has 0 amide bonds. The summed E-state index contributed by atoms with van der Waals surface area (Å²) in [7, 11) is 2.06. The van der Waals surface area contributed by atoms with Gasteiger partial charge in [0.15, 0.2) is 0 Å². The second-order valence-corrected chi connectivity index (χ2v) is 5.56. The molecule has 0 aliphatic carbocycles. The monoisotopic (exact) mass is 240 g/mol. The summed E-state index contributed by atoms with van der Waals surface area (Å²) in [5.41, 5.74) is 3.14. The highest BCUT2D eigenvalue weighted by molar-refractivity contribution is 5.39. The summed E-state index contributed by atoms with van der Waals surface area (Å²) in [5.74, 6) is 0. The van der Waals surface area contributed by atoms with E-state index in [2.05, 4.69) is 55.5 Å². The molecule has 1 aromatic heterocycles. The molecular weight excluding hydrogens is 222 g/mol. The molecule has 0 N–H and O–H groups in total. The fourth-order valence-corrected chi connectivity index (χ4v) is 2.08. The molecule has 0 fully saturated rings. The van der Waals surface area contributed by atoms with Gasteiger partial charge in [-0.2, -0.15) is 5.26 Å². The summed E-state index contributed by atoms with van der Waals surface area (Å²) in [6.07, 6.45) is 4.20. The topological polar surface area (TPSA) is 32.6 Å². The van der Waals surface area contributed by atoms with Gasteiger partial charge in [0.05, 0.1) is 18.7 Å². The van der Waals surface area contributed by atoms with Crippen molar-refractivity contribution in [3.8, 4) is 11.8 Å². The molecule has 18 heavy (non-hydrogen) atoms. The molecule has 0 bridgehead atoms. The maximum atomic E-state index is 8.79. The zero-order valence-electron chi connectivity index (χ0n) is 11.3. The summed E-state index contributed by atoms with van der Waals surface area (Å²) in [6.45, 7) is 6.60. The van der Waals surface area contributed by atoms with Gasteiger partial charge in [-0.25, -0.2) is 9.13 Å². The van der Waals surface area contributed by atoms with Gasteiger partial charge in [0.1, 0.15) is 17.6 Å². The Kier molecular flexibility index (Phi) is 2.96. The number of imidazole rings is 1. The van der Waals surface area contributed by atoms with Crippen LogP contribution in [0.15, 0.2) is 36.8 Å². The Hall–Kier alpha value is -2.08. The van der Waals surface area contributed by atoms with Crippen LogP contribution in [0.4, 0.5) is 0 Å². The number of aryl methyl sites for hydroxylation is 1. The van der Waals surface area contributed by atoms with Crippen molar-refractivity contribution in [2.45, 2.75) is 26.2 Å². The van der Waals surface area contributed by atoms with Crippen LogP contribution >= 0.6 is 0 Å². The van der Waals surface area contributed by atoms with Gasteiger partial charge in [-0.05, 0) is 24.3 Å². The van der Waals surface area contributed by atoms with E-state index in [1.165, 1.54) is 5.69 Å². The van der Waals surface area contributed by atoms with E-state index < -0.39 is 0 Å². The van der Waals surface area contributed by atoms with Crippen molar-refractivity contribution in [1.82, 2.24) is 4.57 Å². The number of hydrogen-bond acceptors (Lipinski definition) is 1. The summed E-state index contributed by atoms with van der Waals surface area (Å²) in [5, 5.41) is 8.79. The second kappa shape index (κ2) is 4.30. The van der Waals surface area contributed by atoms with E-state index >= 15 is 0 Å². The smallest absolute Gasteiger partial charge is 0.236 e. The summed E-state index contributed by atoms with van der Waals surface area (Å²) >= 11 is 0. The van der Waals surface area contributed by atoms with Crippen molar-refractivity contribution in [3.63, 3.8) is 0 Å². The molecule has 2 rings (SSSR count). The highest BCUT2D eigenvalue weighted by Crippen LogP contribution is 2.20. The number of nitrogens with zero attached hydrogens (tertiary/aromatic N) is 3. The number of aromatic nitrogens is 2. The highest BCUT2D eigenvalue weighted by Gasteiger charge is 2.24. The maximum absolute atomic E-state index is 8.79. The van der Waals surface area contributed by atoms with E-state index in [1.807, 2.05) is 24.3 Å². The normalized spacial score (nSPS) is 11.3. The van der Waals surface area contributed by atoms with Gasteiger partial charge in [-0.15, -0.1) is 0 Å². The number of benzene rings is 1. The van der Waals surface area contributed by atoms with Crippen LogP contribution in [0.3, 0.4) is 0 Å². The Labute approximate surface area is 108 Å². The van der Waals surface area contributed by atoms with E-state index in [0.717, 1.165) is 5.69 Å². The van der Waals surface area contributed by atoms with Gasteiger partial charge in [-0.3, -0.25) is 0 Å². The fourth-order valence-electron chi connectivity index (χ4n) is 2.08. The van der Waals surface area contributed by atoms with Gasteiger partial charge < -0.3 is 0 Å². The Morgan fingerprint density at radius 2 is 1.78 bits per heavy atom. The average molecular weight is 240 g/mol. The van der Waals surface area contributed by atoms with Crippen molar-refractivity contribution in [2.24, 2.45) is 7.05 Å². The lowest BCUT2D eigenvalue weighted by molar-refractivity contribution is -0.681. The van der Waals surface area contributed by atoms with Gasteiger partial charge in [0.25, 0.3) is 0 Å². The predicted molar refractivity (Wildman–Crippen MR) is 70.4 cm³/mol. The third kappa shape index (κ3) is 2.28. The number of rotatable bonds is 1. The molecule has 1 heterocycles. The minimum absolute atomic E-state index is 0.118. The summed E-state index contributed by atoms with van der Waals surface area (Å²) in [4.78, 5) is 0. The summed E-state index contributed by atoms with van der Waals surface area (Å²) < 4.78 is 4.22. The lowest BCUT2D eigenvalue weighted by Gasteiger charge is -2.13. The van der Waals surface area contributed by atoms with Crippen LogP contribution in [0.1, 0.15) is 32.0 Å². The molecule has 2 aromatic rings. The zero-order chi connectivity index (χ0) is 13.3. The standard InChI is InChI=1S/C15H18N3/c1-15(2,3)14-10-18(11-17(14)4)13-7-5-12(9-16)6-8-13/h5-8,10-11H,1-4H3/q+1. The third-order valence-electron chi connectivity index (χ3n) is 3.00. The van der Waals surface area contributed by atoms with Gasteiger partial charge in [0.2, 0.25) is 6.33 Å². The first kappa shape index (κ1) is 12.4. The molecule has 0 aliphatic rings. The molecular formula is C15H18N3+. The Balaban J connectivity index is 2.43. The first-order valence-electron chi connectivity index (χ1n) is 6.00. The molecule has 0 radical (unpaired) electrons. The largest absolute Gasteiger partial charge is 0.248 e. The third-order valence-corrected chi connectivity index (χ3v) is 3.00. The molecule has 0 atom stereocenters. The van der Waals surface area contributed by atoms with E-state index in [9.17, 15) is 0 Å². The minimum atomic E-state index is 0.118. The SMILES string of the molecule is C[n+]1cn(-c2ccc(C#N)cc2)cc1C(C)(C)C. The highest BCUT2D eigenvalue weighted by atomic mass is 15.1. The Bertz CT molecular complexity index is 592. The molecule has 0 saturated heterocycles. The van der Waals surface area contributed by atoms with Crippen molar-refractivity contribution in [3.05, 3.63) is 48.0 Å². The maximum Gasteiger partial charge on any atom is 0.248 e. The van der Waals surface area contributed by atoms with Gasteiger partial charge >= 0.3 is 0 Å². The van der Waals surface area contributed by atoms with E-state index in [0.29, 0.717) is 5.56 Å². The van der Waals surface area contributed by atoms with Crippen LogP contribution in [-0.2, 0) is 12.5 Å². The summed E-state index contributed by atoms with van der Waals surface area (Å²) in [6, 6.07) is 9.74. The fraction of sp³-hybridized carbons (Fsp3) is 0.333. The Morgan fingerprint density at radius 1 is 1.17 bits per heavy atom. The van der Waals surface area contributed by atoms with Crippen LogP contribution in [0.5, 0.6) is 0 Å². The molecule has 0 aliphatic heterocycles. The molecule has 0 spiro atoms. The number of hydrogen-bond donors (Lipinski definition) is 0.